The highest BCUT2D eigenvalue weighted by molar-refractivity contribution is 5.82. The van der Waals surface area contributed by atoms with Crippen molar-refractivity contribution < 1.29 is 9.18 Å². The Balaban J connectivity index is 2.54. The number of hydrogen-bond acceptors (Lipinski definition) is 3. The molecule has 2 rings (SSSR count). The topological polar surface area (TPSA) is 72.9 Å². The van der Waals surface area contributed by atoms with Gasteiger partial charge in [0.2, 0.25) is 11.9 Å². The van der Waals surface area contributed by atoms with Crippen LogP contribution in [0.25, 0.3) is 11.0 Å². The van der Waals surface area contributed by atoms with E-state index in [1.165, 1.54) is 29.8 Å². The molecule has 0 unspecified atom stereocenters. The number of anilines is 1. The van der Waals surface area contributed by atoms with E-state index in [-0.39, 0.29) is 24.2 Å². The summed E-state index contributed by atoms with van der Waals surface area (Å²) in [5, 5.41) is 2.47. The zero-order valence-electron chi connectivity index (χ0n) is 8.70. The monoisotopic (exact) mass is 222 g/mol. The Hall–Kier alpha value is -2.11. The lowest BCUT2D eigenvalue weighted by molar-refractivity contribution is -0.121. The van der Waals surface area contributed by atoms with Crippen molar-refractivity contribution >= 4 is 22.9 Å². The van der Waals surface area contributed by atoms with E-state index in [4.69, 9.17) is 5.73 Å². The normalized spacial score (nSPS) is 10.6. The number of carbonyl (C=O) groups is 1. The van der Waals surface area contributed by atoms with Crippen LogP contribution in [0.5, 0.6) is 0 Å². The Morgan fingerprint density at radius 2 is 2.38 bits per heavy atom. The highest BCUT2D eigenvalue weighted by Gasteiger charge is 2.11. The lowest BCUT2D eigenvalue weighted by Crippen LogP contribution is -2.24. The zero-order chi connectivity index (χ0) is 11.7. The fourth-order valence-corrected chi connectivity index (χ4v) is 1.50. The zero-order valence-corrected chi connectivity index (χ0v) is 8.70. The van der Waals surface area contributed by atoms with Gasteiger partial charge in [-0.15, -0.1) is 0 Å². The minimum Gasteiger partial charge on any atom is -0.369 e. The number of halogens is 1. The third-order valence-corrected chi connectivity index (χ3v) is 2.32. The van der Waals surface area contributed by atoms with Crippen LogP contribution in [0.15, 0.2) is 18.2 Å². The van der Waals surface area contributed by atoms with Crippen molar-refractivity contribution in [1.29, 1.82) is 0 Å². The fraction of sp³-hybridized carbons (Fsp3) is 0.200. The van der Waals surface area contributed by atoms with Crippen LogP contribution < -0.4 is 11.1 Å². The summed E-state index contributed by atoms with van der Waals surface area (Å²) in [5.41, 5.74) is 6.74. The molecule has 0 aliphatic rings. The van der Waals surface area contributed by atoms with Crippen molar-refractivity contribution in [1.82, 2.24) is 14.9 Å². The summed E-state index contributed by atoms with van der Waals surface area (Å²) in [4.78, 5) is 15.3. The van der Waals surface area contributed by atoms with Crippen LogP contribution in [0.2, 0.25) is 0 Å². The minimum absolute atomic E-state index is 0.0300. The van der Waals surface area contributed by atoms with Gasteiger partial charge in [-0.1, -0.05) is 0 Å². The van der Waals surface area contributed by atoms with Gasteiger partial charge in [0.15, 0.2) is 0 Å². The number of nitrogens with two attached hydrogens (primary N) is 1. The maximum Gasteiger partial charge on any atom is 0.239 e. The molecular weight excluding hydrogens is 211 g/mol. The molecule has 0 aliphatic carbocycles. The molecule has 6 heteroatoms. The third kappa shape index (κ3) is 1.69. The number of hydrogen-bond donors (Lipinski definition) is 2. The molecule has 1 heterocycles. The first kappa shape index (κ1) is 10.4. The largest absolute Gasteiger partial charge is 0.369 e. The first-order chi connectivity index (χ1) is 7.61. The molecule has 0 fully saturated rings. The summed E-state index contributed by atoms with van der Waals surface area (Å²) >= 11 is 0. The van der Waals surface area contributed by atoms with Gasteiger partial charge in [0.05, 0.1) is 11.0 Å². The van der Waals surface area contributed by atoms with Crippen LogP contribution >= 0.6 is 0 Å². The molecule has 3 N–H and O–H groups in total. The lowest BCUT2D eigenvalue weighted by atomic mass is 10.3. The molecule has 0 spiro atoms. The van der Waals surface area contributed by atoms with E-state index in [1.807, 2.05) is 0 Å². The fourth-order valence-electron chi connectivity index (χ4n) is 1.50. The molecule has 0 radical (unpaired) electrons. The van der Waals surface area contributed by atoms with Gasteiger partial charge in [0.25, 0.3) is 0 Å². The van der Waals surface area contributed by atoms with Crippen molar-refractivity contribution in [3.05, 3.63) is 24.0 Å². The number of amides is 1. The van der Waals surface area contributed by atoms with Gasteiger partial charge in [-0.2, -0.15) is 0 Å². The summed E-state index contributed by atoms with van der Waals surface area (Å²) in [6.07, 6.45) is 0. The predicted molar refractivity (Wildman–Crippen MR) is 58.2 cm³/mol. The predicted octanol–water partition coefficient (Wildman–Crippen LogP) is 0.504. The van der Waals surface area contributed by atoms with Crippen molar-refractivity contribution in [3.63, 3.8) is 0 Å². The second kappa shape index (κ2) is 3.80. The highest BCUT2D eigenvalue weighted by Crippen LogP contribution is 2.18. The Bertz CT molecular complexity index is 549. The van der Waals surface area contributed by atoms with Gasteiger partial charge < -0.3 is 15.6 Å². The average Bonchev–Trinajstić information content (AvgIpc) is 2.55. The Kier molecular flexibility index (Phi) is 2.47. The summed E-state index contributed by atoms with van der Waals surface area (Å²) < 4.78 is 14.5. The van der Waals surface area contributed by atoms with Crippen LogP contribution in [0.4, 0.5) is 10.3 Å². The number of nitrogens with zero attached hydrogens (tertiary/aromatic N) is 2. The van der Waals surface area contributed by atoms with Crippen LogP contribution in [0.1, 0.15) is 0 Å². The Morgan fingerprint density at radius 1 is 1.62 bits per heavy atom. The Labute approximate surface area is 91.1 Å². The number of carbonyl (C=O) groups excluding carboxylic acids is 1. The van der Waals surface area contributed by atoms with E-state index in [9.17, 15) is 9.18 Å². The maximum absolute atomic E-state index is 13.1. The van der Waals surface area contributed by atoms with Crippen molar-refractivity contribution in [2.45, 2.75) is 6.54 Å². The molecule has 84 valence electrons. The molecule has 0 aliphatic heterocycles. The molecule has 0 bridgehead atoms. The lowest BCUT2D eigenvalue weighted by Gasteiger charge is -2.04. The van der Waals surface area contributed by atoms with Gasteiger partial charge in [0.1, 0.15) is 12.4 Å². The maximum atomic E-state index is 13.1. The van der Waals surface area contributed by atoms with Crippen molar-refractivity contribution in [2.24, 2.45) is 0 Å². The van der Waals surface area contributed by atoms with E-state index in [1.54, 1.807) is 0 Å². The average molecular weight is 222 g/mol. The molecule has 5 nitrogen and oxygen atoms in total. The summed E-state index contributed by atoms with van der Waals surface area (Å²) in [6.45, 7) is 0.0300. The van der Waals surface area contributed by atoms with Gasteiger partial charge >= 0.3 is 0 Å². The van der Waals surface area contributed by atoms with Crippen LogP contribution in [0, 0.1) is 5.82 Å². The smallest absolute Gasteiger partial charge is 0.239 e. The number of aromatic nitrogens is 2. The SMILES string of the molecule is CNC(=O)Cn1c(N)nc2ccc(F)cc21. The number of imidazole rings is 1. The third-order valence-electron chi connectivity index (χ3n) is 2.32. The molecule has 16 heavy (non-hydrogen) atoms. The molecule has 1 aromatic carbocycles. The number of nitrogen functional groups attached to an aromatic ring is 1. The second-order valence-electron chi connectivity index (χ2n) is 3.36. The number of fused-ring (bicyclic) bond motifs is 1. The van der Waals surface area contributed by atoms with E-state index in [2.05, 4.69) is 10.3 Å². The Morgan fingerprint density at radius 3 is 3.06 bits per heavy atom. The van der Waals surface area contributed by atoms with Gasteiger partial charge in [-0.3, -0.25) is 4.79 Å². The molecular formula is C10H11FN4O. The number of likely N-dealkylation sites (N-methyl/N-ethyl adjacent to an activating group) is 1. The molecule has 0 saturated carbocycles. The summed E-state index contributed by atoms with van der Waals surface area (Å²) in [7, 11) is 1.53. The second-order valence-corrected chi connectivity index (χ2v) is 3.36. The van der Waals surface area contributed by atoms with Crippen LogP contribution in [-0.4, -0.2) is 22.5 Å². The van der Waals surface area contributed by atoms with Crippen molar-refractivity contribution in [2.75, 3.05) is 12.8 Å². The van der Waals surface area contributed by atoms with E-state index in [0.717, 1.165) is 0 Å². The van der Waals surface area contributed by atoms with Gasteiger partial charge in [-0.25, -0.2) is 9.37 Å². The van der Waals surface area contributed by atoms with Crippen LogP contribution in [-0.2, 0) is 11.3 Å². The first-order valence-corrected chi connectivity index (χ1v) is 4.73. The first-order valence-electron chi connectivity index (χ1n) is 4.73. The molecule has 2 aromatic rings. The standard InChI is InChI=1S/C10H11FN4O/c1-13-9(16)5-15-8-4-6(11)2-3-7(8)14-10(15)12/h2-4H,5H2,1H3,(H2,12,14)(H,13,16). The number of benzene rings is 1. The van der Waals surface area contributed by atoms with Crippen LogP contribution in [0.3, 0.4) is 0 Å². The molecule has 1 amide bonds. The highest BCUT2D eigenvalue weighted by atomic mass is 19.1. The van der Waals surface area contributed by atoms with Gasteiger partial charge in [-0.05, 0) is 18.2 Å². The number of rotatable bonds is 2. The minimum atomic E-state index is -0.384. The molecule has 1 aromatic heterocycles. The van der Waals surface area contributed by atoms with E-state index < -0.39 is 0 Å². The molecule has 0 saturated heterocycles. The quantitative estimate of drug-likeness (QED) is 0.777. The van der Waals surface area contributed by atoms with Crippen molar-refractivity contribution in [3.8, 4) is 0 Å². The molecule has 0 atom stereocenters. The summed E-state index contributed by atoms with van der Waals surface area (Å²) in [5.74, 6) is -0.398. The summed E-state index contributed by atoms with van der Waals surface area (Å²) in [6, 6.07) is 4.14. The number of nitrogens with one attached hydrogen (secondary N) is 1. The van der Waals surface area contributed by atoms with E-state index >= 15 is 0 Å². The van der Waals surface area contributed by atoms with Gasteiger partial charge in [0, 0.05) is 7.05 Å². The van der Waals surface area contributed by atoms with E-state index in [0.29, 0.717) is 11.0 Å².